The summed E-state index contributed by atoms with van der Waals surface area (Å²) < 4.78 is 0. The van der Waals surface area contributed by atoms with Crippen LogP contribution in [0.2, 0.25) is 0 Å². The van der Waals surface area contributed by atoms with E-state index in [1.54, 1.807) is 18.3 Å². The van der Waals surface area contributed by atoms with Crippen molar-refractivity contribution in [1.29, 1.82) is 0 Å². The Kier molecular flexibility index (Phi) is 3.94. The number of amides is 1. The van der Waals surface area contributed by atoms with Crippen LogP contribution in [0, 0.1) is 0 Å². The third-order valence-corrected chi connectivity index (χ3v) is 3.48. The predicted molar refractivity (Wildman–Crippen MR) is 70.7 cm³/mol. The number of rotatable bonds is 4. The van der Waals surface area contributed by atoms with Crippen molar-refractivity contribution in [2.24, 2.45) is 0 Å². The van der Waals surface area contributed by atoms with Crippen LogP contribution in [-0.2, 0) is 0 Å². The second-order valence-electron chi connectivity index (χ2n) is 3.85. The Bertz CT molecular complexity index is 508. The molecule has 94 valence electrons. The molecule has 1 aromatic carbocycles. The lowest BCUT2D eigenvalue weighted by Crippen LogP contribution is -2.27. The minimum atomic E-state index is -0.156. The van der Waals surface area contributed by atoms with Gasteiger partial charge in [0.2, 0.25) is 0 Å². The highest BCUT2D eigenvalue weighted by Gasteiger charge is 2.15. The molecule has 0 spiro atoms. The number of aromatic nitrogens is 1. The van der Waals surface area contributed by atoms with Crippen molar-refractivity contribution in [1.82, 2.24) is 10.3 Å². The molecule has 0 bridgehead atoms. The fraction of sp³-hybridized carbons (Fsp3) is 0.231. The molecule has 2 aromatic rings. The molecule has 1 aromatic heterocycles. The van der Waals surface area contributed by atoms with Gasteiger partial charge in [-0.25, -0.2) is 4.98 Å². The smallest absolute Gasteiger partial charge is 0.251 e. The van der Waals surface area contributed by atoms with E-state index in [0.29, 0.717) is 5.56 Å². The van der Waals surface area contributed by atoms with Crippen LogP contribution < -0.4 is 5.32 Å². The molecular weight excluding hydrogens is 248 g/mol. The molecule has 0 aliphatic carbocycles. The minimum absolute atomic E-state index is 0.0636. The molecule has 1 amide bonds. The van der Waals surface area contributed by atoms with Crippen LogP contribution in [-0.4, -0.2) is 16.0 Å². The van der Waals surface area contributed by atoms with E-state index in [9.17, 15) is 9.90 Å². The molecule has 0 saturated heterocycles. The Morgan fingerprint density at radius 1 is 1.44 bits per heavy atom. The van der Waals surface area contributed by atoms with E-state index in [1.807, 2.05) is 12.3 Å². The van der Waals surface area contributed by atoms with Gasteiger partial charge in [0.25, 0.3) is 5.91 Å². The number of aromatic hydroxyl groups is 1. The van der Waals surface area contributed by atoms with Crippen LogP contribution in [0.3, 0.4) is 0 Å². The zero-order valence-corrected chi connectivity index (χ0v) is 10.8. The van der Waals surface area contributed by atoms with E-state index in [1.165, 1.54) is 23.5 Å². The molecular formula is C13H14N2O2S. The maximum absolute atomic E-state index is 12.0. The SMILES string of the molecule is CCC(NC(=O)c1ccc(O)cc1)c1nccs1. The highest BCUT2D eigenvalue weighted by atomic mass is 32.1. The molecule has 1 unspecified atom stereocenters. The third-order valence-electron chi connectivity index (χ3n) is 2.59. The van der Waals surface area contributed by atoms with Crippen LogP contribution in [0.5, 0.6) is 5.75 Å². The van der Waals surface area contributed by atoms with E-state index >= 15 is 0 Å². The number of hydrogen-bond donors (Lipinski definition) is 2. The molecule has 4 nitrogen and oxygen atoms in total. The summed E-state index contributed by atoms with van der Waals surface area (Å²) >= 11 is 1.53. The average molecular weight is 262 g/mol. The summed E-state index contributed by atoms with van der Waals surface area (Å²) in [7, 11) is 0. The Hall–Kier alpha value is -1.88. The predicted octanol–water partition coefficient (Wildman–Crippen LogP) is 2.73. The van der Waals surface area contributed by atoms with Crippen molar-refractivity contribution in [2.75, 3.05) is 0 Å². The Labute approximate surface area is 109 Å². The van der Waals surface area contributed by atoms with Gasteiger partial charge < -0.3 is 10.4 Å². The van der Waals surface area contributed by atoms with E-state index in [2.05, 4.69) is 10.3 Å². The van der Waals surface area contributed by atoms with Gasteiger partial charge in [-0.1, -0.05) is 6.92 Å². The lowest BCUT2D eigenvalue weighted by Gasteiger charge is -2.14. The molecule has 5 heteroatoms. The Morgan fingerprint density at radius 3 is 2.72 bits per heavy atom. The van der Waals surface area contributed by atoms with E-state index in [4.69, 9.17) is 0 Å². The largest absolute Gasteiger partial charge is 0.508 e. The lowest BCUT2D eigenvalue weighted by molar-refractivity contribution is 0.0935. The zero-order valence-electron chi connectivity index (χ0n) is 9.96. The average Bonchev–Trinajstić information content (AvgIpc) is 2.90. The molecule has 2 rings (SSSR count). The molecule has 0 saturated carbocycles. The minimum Gasteiger partial charge on any atom is -0.508 e. The second-order valence-corrected chi connectivity index (χ2v) is 4.78. The fourth-order valence-corrected chi connectivity index (χ4v) is 2.37. The number of phenols is 1. The highest BCUT2D eigenvalue weighted by Crippen LogP contribution is 2.19. The van der Waals surface area contributed by atoms with Crippen LogP contribution in [0.25, 0.3) is 0 Å². The van der Waals surface area contributed by atoms with Crippen molar-refractivity contribution in [2.45, 2.75) is 19.4 Å². The molecule has 1 atom stereocenters. The highest BCUT2D eigenvalue weighted by molar-refractivity contribution is 7.09. The van der Waals surface area contributed by atoms with Crippen LogP contribution in [0.1, 0.15) is 34.8 Å². The monoisotopic (exact) mass is 262 g/mol. The lowest BCUT2D eigenvalue weighted by atomic mass is 10.1. The number of carbonyl (C=O) groups is 1. The maximum Gasteiger partial charge on any atom is 0.251 e. The summed E-state index contributed by atoms with van der Waals surface area (Å²) in [4.78, 5) is 16.2. The first-order valence-corrected chi connectivity index (χ1v) is 6.58. The summed E-state index contributed by atoms with van der Waals surface area (Å²) in [6.07, 6.45) is 2.52. The van der Waals surface area contributed by atoms with Crippen molar-refractivity contribution < 1.29 is 9.90 Å². The quantitative estimate of drug-likeness (QED) is 0.890. The third kappa shape index (κ3) is 2.87. The number of phenolic OH excluding ortho intramolecular Hbond substituents is 1. The van der Waals surface area contributed by atoms with Gasteiger partial charge >= 0.3 is 0 Å². The zero-order chi connectivity index (χ0) is 13.0. The fourth-order valence-electron chi connectivity index (χ4n) is 1.60. The summed E-state index contributed by atoms with van der Waals surface area (Å²) in [5.41, 5.74) is 0.530. The van der Waals surface area contributed by atoms with Gasteiger partial charge in [-0.3, -0.25) is 4.79 Å². The van der Waals surface area contributed by atoms with E-state index < -0.39 is 0 Å². The number of nitrogens with zero attached hydrogens (tertiary/aromatic N) is 1. The van der Waals surface area contributed by atoms with Gasteiger partial charge in [-0.15, -0.1) is 11.3 Å². The Balaban J connectivity index is 2.08. The number of benzene rings is 1. The summed E-state index contributed by atoms with van der Waals surface area (Å²) in [5, 5.41) is 14.9. The first-order chi connectivity index (χ1) is 8.70. The molecule has 18 heavy (non-hydrogen) atoms. The van der Waals surface area contributed by atoms with Gasteiger partial charge in [-0.2, -0.15) is 0 Å². The van der Waals surface area contributed by atoms with Crippen LogP contribution in [0.4, 0.5) is 0 Å². The second kappa shape index (κ2) is 5.64. The van der Waals surface area contributed by atoms with Gasteiger partial charge in [0.05, 0.1) is 6.04 Å². The number of hydrogen-bond acceptors (Lipinski definition) is 4. The Morgan fingerprint density at radius 2 is 2.17 bits per heavy atom. The summed E-state index contributed by atoms with van der Waals surface area (Å²) in [6.45, 7) is 2.00. The van der Waals surface area contributed by atoms with E-state index in [0.717, 1.165) is 11.4 Å². The van der Waals surface area contributed by atoms with Crippen LogP contribution >= 0.6 is 11.3 Å². The van der Waals surface area contributed by atoms with Crippen molar-refractivity contribution in [3.8, 4) is 5.75 Å². The first kappa shape index (κ1) is 12.6. The number of thiazole rings is 1. The van der Waals surface area contributed by atoms with E-state index in [-0.39, 0.29) is 17.7 Å². The number of nitrogens with one attached hydrogen (secondary N) is 1. The van der Waals surface area contributed by atoms with Gasteiger partial charge in [0.1, 0.15) is 10.8 Å². The summed E-state index contributed by atoms with van der Waals surface area (Å²) in [6, 6.07) is 6.13. The molecule has 0 aliphatic heterocycles. The van der Waals surface area contributed by atoms with Crippen molar-refractivity contribution in [3.05, 3.63) is 46.4 Å². The molecule has 1 heterocycles. The standard InChI is InChI=1S/C13H14N2O2S/c1-2-11(13-14-7-8-18-13)15-12(17)9-3-5-10(16)6-4-9/h3-8,11,16H,2H2,1H3,(H,15,17). The van der Waals surface area contributed by atoms with Gasteiger partial charge in [0.15, 0.2) is 0 Å². The normalized spacial score (nSPS) is 12.1. The number of carbonyl (C=O) groups excluding carboxylic acids is 1. The van der Waals surface area contributed by atoms with Crippen molar-refractivity contribution >= 4 is 17.2 Å². The molecule has 2 N–H and O–H groups in total. The summed E-state index contributed by atoms with van der Waals surface area (Å²) in [5.74, 6) is -0.00411. The van der Waals surface area contributed by atoms with Crippen LogP contribution in [0.15, 0.2) is 35.8 Å². The molecule has 0 aliphatic rings. The molecule has 0 fully saturated rings. The van der Waals surface area contributed by atoms with Gasteiger partial charge in [-0.05, 0) is 30.7 Å². The topological polar surface area (TPSA) is 62.2 Å². The molecule has 0 radical (unpaired) electrons. The van der Waals surface area contributed by atoms with Crippen molar-refractivity contribution in [3.63, 3.8) is 0 Å². The first-order valence-electron chi connectivity index (χ1n) is 5.70. The van der Waals surface area contributed by atoms with Gasteiger partial charge in [0, 0.05) is 17.1 Å². The maximum atomic E-state index is 12.0.